The number of aliphatic carboxylic acids is 1. The van der Waals surface area contributed by atoms with E-state index in [4.69, 9.17) is 9.94 Å². The highest BCUT2D eigenvalue weighted by atomic mass is 16.6. The van der Waals surface area contributed by atoms with Gasteiger partial charge in [-0.3, -0.25) is 4.79 Å². The maximum atomic E-state index is 12.4. The van der Waals surface area contributed by atoms with Crippen LogP contribution in [0.15, 0.2) is 29.4 Å². The van der Waals surface area contributed by atoms with Gasteiger partial charge in [-0.15, -0.1) is 0 Å². The molecule has 106 valence electrons. The van der Waals surface area contributed by atoms with E-state index in [1.54, 1.807) is 4.90 Å². The average Bonchev–Trinajstić information content (AvgIpc) is 2.91. The Morgan fingerprint density at radius 3 is 2.55 bits per heavy atom. The van der Waals surface area contributed by atoms with E-state index in [-0.39, 0.29) is 18.0 Å². The maximum absolute atomic E-state index is 12.4. The highest BCUT2D eigenvalue weighted by Crippen LogP contribution is 2.20. The number of benzene rings is 1. The fourth-order valence-electron chi connectivity index (χ4n) is 2.00. The lowest BCUT2D eigenvalue weighted by atomic mass is 10.1. The molecule has 1 N–H and O–H groups in total. The Balaban J connectivity index is 2.11. The lowest BCUT2D eigenvalue weighted by molar-refractivity contribution is -0.129. The van der Waals surface area contributed by atoms with Gasteiger partial charge in [-0.2, -0.15) is 0 Å². The smallest absolute Gasteiger partial charge is 0.353 e. The van der Waals surface area contributed by atoms with Crippen molar-refractivity contribution in [3.8, 4) is 0 Å². The van der Waals surface area contributed by atoms with E-state index < -0.39 is 12.1 Å². The van der Waals surface area contributed by atoms with E-state index in [1.807, 2.05) is 38.1 Å². The van der Waals surface area contributed by atoms with Gasteiger partial charge in [-0.1, -0.05) is 22.9 Å². The van der Waals surface area contributed by atoms with Crippen molar-refractivity contribution in [2.75, 3.05) is 11.4 Å². The van der Waals surface area contributed by atoms with E-state index in [0.717, 1.165) is 11.3 Å². The van der Waals surface area contributed by atoms with Gasteiger partial charge >= 0.3 is 5.97 Å². The molecule has 0 saturated heterocycles. The number of carboxylic acids is 1. The number of aryl methyl sites for hydroxylation is 1. The van der Waals surface area contributed by atoms with Crippen LogP contribution >= 0.6 is 0 Å². The zero-order valence-electron chi connectivity index (χ0n) is 11.4. The van der Waals surface area contributed by atoms with Crippen molar-refractivity contribution in [2.45, 2.75) is 26.4 Å². The van der Waals surface area contributed by atoms with E-state index in [9.17, 15) is 9.59 Å². The first kappa shape index (κ1) is 14.0. The van der Waals surface area contributed by atoms with Gasteiger partial charge in [0.1, 0.15) is 0 Å². The van der Waals surface area contributed by atoms with Crippen molar-refractivity contribution in [3.05, 3.63) is 29.8 Å². The Kier molecular flexibility index (Phi) is 4.02. The van der Waals surface area contributed by atoms with Crippen LogP contribution in [-0.4, -0.2) is 35.3 Å². The molecule has 1 aliphatic heterocycles. The Bertz CT molecular complexity index is 551. The van der Waals surface area contributed by atoms with Crippen molar-refractivity contribution >= 4 is 23.3 Å². The van der Waals surface area contributed by atoms with Crippen LogP contribution < -0.4 is 4.90 Å². The van der Waals surface area contributed by atoms with Crippen molar-refractivity contribution in [3.63, 3.8) is 0 Å². The second kappa shape index (κ2) is 5.73. The van der Waals surface area contributed by atoms with Crippen LogP contribution in [0.5, 0.6) is 0 Å². The fourth-order valence-corrected chi connectivity index (χ4v) is 2.00. The normalized spacial score (nSPS) is 17.3. The van der Waals surface area contributed by atoms with Gasteiger partial charge in [0, 0.05) is 18.7 Å². The van der Waals surface area contributed by atoms with E-state index >= 15 is 0 Å². The number of likely N-dealkylation sites (N-methyl/N-ethyl adjacent to an activating group) is 1. The molecule has 1 heterocycles. The third-order valence-electron chi connectivity index (χ3n) is 3.12. The number of anilines is 1. The lowest BCUT2D eigenvalue weighted by Gasteiger charge is -2.23. The monoisotopic (exact) mass is 276 g/mol. The number of carbonyl (C=O) groups is 2. The molecule has 1 atom stereocenters. The van der Waals surface area contributed by atoms with Crippen LogP contribution in [0.1, 0.15) is 18.9 Å². The Morgan fingerprint density at radius 2 is 2.05 bits per heavy atom. The van der Waals surface area contributed by atoms with Crippen LogP contribution in [0.4, 0.5) is 5.69 Å². The highest BCUT2D eigenvalue weighted by molar-refractivity contribution is 6.36. The number of hydrogen-bond acceptors (Lipinski definition) is 4. The molecule has 20 heavy (non-hydrogen) atoms. The molecule has 2 rings (SSSR count). The molecule has 0 fully saturated rings. The van der Waals surface area contributed by atoms with Crippen molar-refractivity contribution < 1.29 is 19.5 Å². The third-order valence-corrected chi connectivity index (χ3v) is 3.12. The van der Waals surface area contributed by atoms with Crippen LogP contribution in [0.3, 0.4) is 0 Å². The topological polar surface area (TPSA) is 79.2 Å². The van der Waals surface area contributed by atoms with Crippen LogP contribution in [0, 0.1) is 6.92 Å². The predicted molar refractivity (Wildman–Crippen MR) is 73.8 cm³/mol. The lowest BCUT2D eigenvalue weighted by Crippen LogP contribution is -2.39. The van der Waals surface area contributed by atoms with Crippen molar-refractivity contribution in [2.24, 2.45) is 5.16 Å². The highest BCUT2D eigenvalue weighted by Gasteiger charge is 2.34. The van der Waals surface area contributed by atoms with Gasteiger partial charge in [-0.05, 0) is 26.0 Å². The number of rotatable bonds is 4. The first-order chi connectivity index (χ1) is 9.52. The average molecular weight is 276 g/mol. The van der Waals surface area contributed by atoms with Gasteiger partial charge in [-0.25, -0.2) is 4.79 Å². The molecule has 6 heteroatoms. The number of carbonyl (C=O) groups excluding carboxylic acids is 1. The summed E-state index contributed by atoms with van der Waals surface area (Å²) in [7, 11) is 0. The Hall–Kier alpha value is -2.37. The van der Waals surface area contributed by atoms with Gasteiger partial charge < -0.3 is 14.8 Å². The minimum Gasteiger partial charge on any atom is -0.477 e. The largest absolute Gasteiger partial charge is 0.477 e. The number of nitrogens with zero attached hydrogens (tertiary/aromatic N) is 2. The van der Waals surface area contributed by atoms with Crippen molar-refractivity contribution in [1.82, 2.24) is 0 Å². The fraction of sp³-hybridized carbons (Fsp3) is 0.357. The minimum absolute atomic E-state index is 0.00344. The summed E-state index contributed by atoms with van der Waals surface area (Å²) in [5.41, 5.74) is 1.74. The summed E-state index contributed by atoms with van der Waals surface area (Å²) in [4.78, 5) is 29.6. The summed E-state index contributed by atoms with van der Waals surface area (Å²) in [5.74, 6) is -1.44. The first-order valence-corrected chi connectivity index (χ1v) is 6.37. The molecule has 1 aliphatic rings. The van der Waals surface area contributed by atoms with Gasteiger partial charge in [0.25, 0.3) is 5.91 Å². The maximum Gasteiger partial charge on any atom is 0.353 e. The van der Waals surface area contributed by atoms with E-state index in [1.165, 1.54) is 0 Å². The van der Waals surface area contributed by atoms with Crippen LogP contribution in [-0.2, 0) is 14.4 Å². The summed E-state index contributed by atoms with van der Waals surface area (Å²) in [6, 6.07) is 7.54. The summed E-state index contributed by atoms with van der Waals surface area (Å²) < 4.78 is 0. The molecular formula is C14H16N2O4. The molecule has 0 bridgehead atoms. The van der Waals surface area contributed by atoms with Gasteiger partial charge in [0.05, 0.1) is 0 Å². The number of amides is 1. The molecular weight excluding hydrogens is 260 g/mol. The third kappa shape index (κ3) is 2.79. The standard InChI is InChI=1S/C14H16N2O4/c1-3-16(10-6-4-9(2)5-7-10)13(17)12-8-11(14(18)19)15-20-12/h4-7,12H,3,8H2,1-2H3,(H,18,19). The van der Waals surface area contributed by atoms with Crippen molar-refractivity contribution in [1.29, 1.82) is 0 Å². The Labute approximate surface area is 116 Å². The predicted octanol–water partition coefficient (Wildman–Crippen LogP) is 1.58. The number of hydrogen-bond donors (Lipinski definition) is 1. The second-order valence-electron chi connectivity index (χ2n) is 4.56. The SMILES string of the molecule is CCN(C(=O)C1CC(C(=O)O)=NO1)c1ccc(C)cc1. The van der Waals surface area contributed by atoms with Crippen LogP contribution in [0.2, 0.25) is 0 Å². The summed E-state index contributed by atoms with van der Waals surface area (Å²) in [5, 5.41) is 12.3. The van der Waals surface area contributed by atoms with Gasteiger partial charge in [0.2, 0.25) is 6.10 Å². The van der Waals surface area contributed by atoms with Gasteiger partial charge in [0.15, 0.2) is 5.71 Å². The Morgan fingerprint density at radius 1 is 1.40 bits per heavy atom. The zero-order chi connectivity index (χ0) is 14.7. The molecule has 0 aliphatic carbocycles. The molecule has 6 nitrogen and oxygen atoms in total. The quantitative estimate of drug-likeness (QED) is 0.905. The molecule has 1 aromatic carbocycles. The zero-order valence-corrected chi connectivity index (χ0v) is 11.4. The number of carboxylic acid groups (broad SMARTS) is 1. The van der Waals surface area contributed by atoms with E-state index in [2.05, 4.69) is 5.16 Å². The second-order valence-corrected chi connectivity index (χ2v) is 4.56. The molecule has 0 aromatic heterocycles. The van der Waals surface area contributed by atoms with Crippen LogP contribution in [0.25, 0.3) is 0 Å². The summed E-state index contributed by atoms with van der Waals surface area (Å²) >= 11 is 0. The first-order valence-electron chi connectivity index (χ1n) is 6.37. The minimum atomic E-state index is -1.15. The molecule has 1 aromatic rings. The molecule has 0 saturated carbocycles. The molecule has 0 spiro atoms. The summed E-state index contributed by atoms with van der Waals surface area (Å²) in [6.45, 7) is 4.30. The van der Waals surface area contributed by atoms with E-state index in [0.29, 0.717) is 6.54 Å². The summed E-state index contributed by atoms with van der Waals surface area (Å²) in [6.07, 6.45) is -0.862. The molecule has 1 unspecified atom stereocenters. The number of oxime groups is 1. The molecule has 1 amide bonds. The molecule has 0 radical (unpaired) electrons.